The molecule has 7 nitrogen and oxygen atoms in total. The van der Waals surface area contributed by atoms with Crippen LogP contribution in [-0.4, -0.2) is 53.6 Å². The number of aromatic nitrogens is 1. The SMILES string of the molecule is O=C(COc1ccc(C(F)(F)F)cc1)N[C@@H]1CC[C@@H](C(=O)N2CCc3nc(C(F)(F)F)ccc3C2)OC1. The normalized spacial score (nSPS) is 20.2. The lowest BCUT2D eigenvalue weighted by Crippen LogP contribution is -2.49. The number of fused-ring (bicyclic) bond motifs is 1. The topological polar surface area (TPSA) is 80.8 Å². The van der Waals surface area contributed by atoms with Crippen molar-refractivity contribution in [2.24, 2.45) is 0 Å². The van der Waals surface area contributed by atoms with E-state index in [1.807, 2.05) is 0 Å². The highest BCUT2D eigenvalue weighted by atomic mass is 19.4. The molecule has 0 radical (unpaired) electrons. The first-order chi connectivity index (χ1) is 17.4. The average Bonchev–Trinajstić information content (AvgIpc) is 2.86. The molecule has 4 rings (SSSR count). The summed E-state index contributed by atoms with van der Waals surface area (Å²) in [5.74, 6) is -0.653. The summed E-state index contributed by atoms with van der Waals surface area (Å²) >= 11 is 0. The zero-order chi connectivity index (χ0) is 26.8. The molecule has 37 heavy (non-hydrogen) atoms. The molecule has 3 heterocycles. The van der Waals surface area contributed by atoms with Crippen LogP contribution in [0.4, 0.5) is 26.3 Å². The molecule has 200 valence electrons. The number of carbonyl (C=O) groups is 2. The van der Waals surface area contributed by atoms with E-state index >= 15 is 0 Å². The maximum absolute atomic E-state index is 12.9. The minimum atomic E-state index is -4.53. The van der Waals surface area contributed by atoms with Crippen LogP contribution in [0.25, 0.3) is 0 Å². The second-order valence-corrected chi connectivity index (χ2v) is 8.78. The monoisotopic (exact) mass is 531 g/mol. The van der Waals surface area contributed by atoms with Crippen LogP contribution in [0.15, 0.2) is 36.4 Å². The number of halogens is 6. The predicted octanol–water partition coefficient (Wildman–Crippen LogP) is 3.75. The summed E-state index contributed by atoms with van der Waals surface area (Å²) in [6.45, 7) is 0.0346. The van der Waals surface area contributed by atoms with Crippen LogP contribution >= 0.6 is 0 Å². The maximum Gasteiger partial charge on any atom is 0.433 e. The summed E-state index contributed by atoms with van der Waals surface area (Å²) in [7, 11) is 0. The Hall–Kier alpha value is -3.35. The van der Waals surface area contributed by atoms with E-state index in [2.05, 4.69) is 10.3 Å². The predicted molar refractivity (Wildman–Crippen MR) is 116 cm³/mol. The van der Waals surface area contributed by atoms with Crippen molar-refractivity contribution in [1.82, 2.24) is 15.2 Å². The van der Waals surface area contributed by atoms with Gasteiger partial charge in [0, 0.05) is 25.2 Å². The molecular weight excluding hydrogens is 508 g/mol. The smallest absolute Gasteiger partial charge is 0.433 e. The number of amides is 2. The van der Waals surface area contributed by atoms with Gasteiger partial charge >= 0.3 is 12.4 Å². The largest absolute Gasteiger partial charge is 0.484 e. The molecule has 2 atom stereocenters. The number of nitrogens with one attached hydrogen (secondary N) is 1. The lowest BCUT2D eigenvalue weighted by molar-refractivity contribution is -0.149. The van der Waals surface area contributed by atoms with E-state index in [0.29, 0.717) is 24.1 Å². The molecule has 2 aliphatic heterocycles. The number of alkyl halides is 6. The number of hydrogen-bond donors (Lipinski definition) is 1. The van der Waals surface area contributed by atoms with Crippen molar-refractivity contribution in [2.75, 3.05) is 19.8 Å². The number of rotatable bonds is 5. The molecule has 1 aromatic carbocycles. The minimum Gasteiger partial charge on any atom is -0.484 e. The molecule has 1 fully saturated rings. The van der Waals surface area contributed by atoms with Crippen LogP contribution in [-0.2, 0) is 39.6 Å². The molecule has 2 aromatic rings. The van der Waals surface area contributed by atoms with E-state index in [9.17, 15) is 35.9 Å². The van der Waals surface area contributed by atoms with E-state index in [0.717, 1.165) is 30.3 Å². The highest BCUT2D eigenvalue weighted by Gasteiger charge is 2.36. The van der Waals surface area contributed by atoms with E-state index in [1.54, 1.807) is 0 Å². The first kappa shape index (κ1) is 26.7. The molecule has 0 bridgehead atoms. The summed E-state index contributed by atoms with van der Waals surface area (Å²) in [6, 6.07) is 5.83. The van der Waals surface area contributed by atoms with Crippen LogP contribution in [0.2, 0.25) is 0 Å². The summed E-state index contributed by atoms with van der Waals surface area (Å²) < 4.78 is 87.3. The fraction of sp³-hybridized carbons (Fsp3) is 0.458. The maximum atomic E-state index is 12.9. The Morgan fingerprint density at radius 3 is 2.38 bits per heavy atom. The molecule has 0 spiro atoms. The van der Waals surface area contributed by atoms with Crippen molar-refractivity contribution in [3.63, 3.8) is 0 Å². The van der Waals surface area contributed by atoms with E-state index in [1.165, 1.54) is 11.0 Å². The summed E-state index contributed by atoms with van der Waals surface area (Å²) in [6.07, 6.45) is -8.75. The van der Waals surface area contributed by atoms with E-state index in [4.69, 9.17) is 9.47 Å². The van der Waals surface area contributed by atoms with E-state index in [-0.39, 0.29) is 43.8 Å². The number of ether oxygens (including phenoxy) is 2. The summed E-state index contributed by atoms with van der Waals surface area (Å²) in [4.78, 5) is 30.3. The molecule has 2 amide bonds. The van der Waals surface area contributed by atoms with Crippen LogP contribution < -0.4 is 10.1 Å². The summed E-state index contributed by atoms with van der Waals surface area (Å²) in [5, 5.41) is 2.70. The second-order valence-electron chi connectivity index (χ2n) is 8.78. The number of hydrogen-bond acceptors (Lipinski definition) is 5. The average molecular weight is 531 g/mol. The Morgan fingerprint density at radius 1 is 1.03 bits per heavy atom. The number of nitrogens with zero attached hydrogens (tertiary/aromatic N) is 2. The van der Waals surface area contributed by atoms with Gasteiger partial charge < -0.3 is 19.7 Å². The first-order valence-corrected chi connectivity index (χ1v) is 11.5. The lowest BCUT2D eigenvalue weighted by atomic mass is 10.0. The van der Waals surface area contributed by atoms with Crippen LogP contribution in [0.5, 0.6) is 5.75 Å². The Kier molecular flexibility index (Phi) is 7.62. The number of carbonyl (C=O) groups excluding carboxylic acids is 2. The van der Waals surface area contributed by atoms with Gasteiger partial charge in [0.2, 0.25) is 0 Å². The Morgan fingerprint density at radius 2 is 1.76 bits per heavy atom. The third-order valence-electron chi connectivity index (χ3n) is 6.12. The molecule has 0 unspecified atom stereocenters. The highest BCUT2D eigenvalue weighted by Crippen LogP contribution is 2.31. The standard InChI is InChI=1S/C24H23F6N3O4/c25-23(26,27)15-2-5-17(6-3-15)36-13-21(34)31-16-4-7-19(37-12-16)22(35)33-10-9-18-14(11-33)1-8-20(32-18)24(28,29)30/h1-3,5-6,8,16,19H,4,7,9-13H2,(H,31,34)/t16-,19+/m1/s1. The quantitative estimate of drug-likeness (QED) is 0.595. The van der Waals surface area contributed by atoms with Crippen LogP contribution in [0, 0.1) is 0 Å². The van der Waals surface area contributed by atoms with Crippen molar-refractivity contribution >= 4 is 11.8 Å². The highest BCUT2D eigenvalue weighted by molar-refractivity contribution is 5.81. The van der Waals surface area contributed by atoms with Crippen LogP contribution in [0.3, 0.4) is 0 Å². The van der Waals surface area contributed by atoms with Gasteiger partial charge in [-0.3, -0.25) is 9.59 Å². The second kappa shape index (κ2) is 10.6. The van der Waals surface area contributed by atoms with Gasteiger partial charge in [-0.25, -0.2) is 4.98 Å². The fourth-order valence-corrected chi connectivity index (χ4v) is 4.18. The Bertz CT molecular complexity index is 1130. The molecule has 1 aromatic heterocycles. The van der Waals surface area contributed by atoms with Crippen molar-refractivity contribution in [1.29, 1.82) is 0 Å². The Balaban J connectivity index is 1.21. The van der Waals surface area contributed by atoms with Crippen molar-refractivity contribution in [3.8, 4) is 5.75 Å². The summed E-state index contributed by atoms with van der Waals surface area (Å²) in [5.41, 5.74) is -0.903. The zero-order valence-electron chi connectivity index (χ0n) is 19.4. The van der Waals surface area contributed by atoms with Gasteiger partial charge in [-0.2, -0.15) is 26.3 Å². The van der Waals surface area contributed by atoms with Gasteiger partial charge in [-0.1, -0.05) is 6.07 Å². The number of benzene rings is 1. The van der Waals surface area contributed by atoms with Gasteiger partial charge in [-0.15, -0.1) is 0 Å². The third kappa shape index (κ3) is 6.70. The third-order valence-corrected chi connectivity index (χ3v) is 6.12. The van der Waals surface area contributed by atoms with Crippen molar-refractivity contribution < 1.29 is 45.4 Å². The van der Waals surface area contributed by atoms with Gasteiger partial charge in [0.05, 0.1) is 18.2 Å². The molecule has 2 aliphatic rings. The van der Waals surface area contributed by atoms with Crippen molar-refractivity contribution in [3.05, 3.63) is 58.9 Å². The minimum absolute atomic E-state index is 0.0728. The fourth-order valence-electron chi connectivity index (χ4n) is 4.18. The Labute approximate surface area is 207 Å². The van der Waals surface area contributed by atoms with Gasteiger partial charge in [-0.05, 0) is 48.7 Å². The molecule has 0 saturated carbocycles. The van der Waals surface area contributed by atoms with Gasteiger partial charge in [0.25, 0.3) is 11.8 Å². The molecule has 0 aliphatic carbocycles. The first-order valence-electron chi connectivity index (χ1n) is 11.5. The number of pyridine rings is 1. The molecular formula is C24H23F6N3O4. The zero-order valence-corrected chi connectivity index (χ0v) is 19.4. The molecule has 1 N–H and O–H groups in total. The molecule has 1 saturated heterocycles. The van der Waals surface area contributed by atoms with Gasteiger partial charge in [0.15, 0.2) is 6.61 Å². The van der Waals surface area contributed by atoms with Crippen LogP contribution in [0.1, 0.15) is 35.4 Å². The molecule has 13 heteroatoms. The van der Waals surface area contributed by atoms with Crippen molar-refractivity contribution in [2.45, 2.75) is 50.3 Å². The van der Waals surface area contributed by atoms with Gasteiger partial charge in [0.1, 0.15) is 17.5 Å². The van der Waals surface area contributed by atoms with E-state index < -0.39 is 42.2 Å². The lowest BCUT2D eigenvalue weighted by Gasteiger charge is -2.34.